The molecule has 2 heterocycles. The first-order valence-electron chi connectivity index (χ1n) is 13.5. The summed E-state index contributed by atoms with van der Waals surface area (Å²) in [4.78, 5) is 16.9. The van der Waals surface area contributed by atoms with Crippen molar-refractivity contribution in [2.24, 2.45) is 0 Å². The number of ether oxygens (including phenoxy) is 1. The maximum Gasteiger partial charge on any atom is 0.245 e. The summed E-state index contributed by atoms with van der Waals surface area (Å²) in [5.74, 6) is 0.521. The van der Waals surface area contributed by atoms with Gasteiger partial charge in [-0.3, -0.25) is 9.69 Å². The van der Waals surface area contributed by atoms with Crippen LogP contribution in [0.1, 0.15) is 35.2 Å². The van der Waals surface area contributed by atoms with Crippen molar-refractivity contribution >= 4 is 52.9 Å². The number of phenolic OH excluding ortho intramolecular Hbond substituents is 1. The van der Waals surface area contributed by atoms with Crippen LogP contribution in [-0.2, 0) is 20.0 Å². The second-order valence-corrected chi connectivity index (χ2v) is 15.3. The Bertz CT molecular complexity index is 1780. The van der Waals surface area contributed by atoms with E-state index in [1.165, 1.54) is 48.8 Å². The molecule has 1 aliphatic heterocycles. The minimum Gasteiger partial charge on any atom is -0.508 e. The van der Waals surface area contributed by atoms with E-state index in [1.807, 2.05) is 0 Å². The van der Waals surface area contributed by atoms with Gasteiger partial charge in [-0.1, -0.05) is 18.6 Å². The third-order valence-electron chi connectivity index (χ3n) is 7.08. The van der Waals surface area contributed by atoms with Gasteiger partial charge in [0.2, 0.25) is 20.0 Å². The molecule has 1 N–H and O–H groups in total. The molecule has 0 bridgehead atoms. The van der Waals surface area contributed by atoms with E-state index in [2.05, 4.69) is 4.90 Å². The first-order chi connectivity index (χ1) is 19.9. The third kappa shape index (κ3) is 6.62. The predicted molar refractivity (Wildman–Crippen MR) is 167 cm³/mol. The van der Waals surface area contributed by atoms with Crippen molar-refractivity contribution in [3.8, 4) is 21.9 Å². The minimum atomic E-state index is -4.10. The lowest BCUT2D eigenvalue weighted by atomic mass is 9.97. The molecule has 0 amide bonds. The van der Waals surface area contributed by atoms with Crippen LogP contribution in [0.15, 0.2) is 66.7 Å². The zero-order valence-corrected chi connectivity index (χ0v) is 25.8. The van der Waals surface area contributed by atoms with Crippen LogP contribution in [0.5, 0.6) is 11.5 Å². The molecule has 222 valence electrons. The second kappa shape index (κ2) is 12.0. The molecule has 42 heavy (non-hydrogen) atoms. The van der Waals surface area contributed by atoms with E-state index < -0.39 is 20.0 Å². The van der Waals surface area contributed by atoms with Crippen molar-refractivity contribution in [2.45, 2.75) is 19.3 Å². The molecular formula is C30H32N2O7S3. The summed E-state index contributed by atoms with van der Waals surface area (Å²) in [5, 5.41) is 10.7. The van der Waals surface area contributed by atoms with Gasteiger partial charge in [0, 0.05) is 32.6 Å². The molecule has 1 aromatic heterocycles. The van der Waals surface area contributed by atoms with Gasteiger partial charge in [0.15, 0.2) is 5.78 Å². The first-order valence-corrected chi connectivity index (χ1v) is 18.0. The third-order valence-corrected chi connectivity index (χ3v) is 11.5. The zero-order valence-electron chi connectivity index (χ0n) is 23.3. The number of aromatic hydroxyl groups is 1. The van der Waals surface area contributed by atoms with Crippen LogP contribution in [0.25, 0.3) is 20.5 Å². The normalized spacial score (nSPS) is 14.6. The topological polar surface area (TPSA) is 121 Å². The molecule has 1 saturated heterocycles. The van der Waals surface area contributed by atoms with Gasteiger partial charge in [0.1, 0.15) is 18.1 Å². The van der Waals surface area contributed by atoms with E-state index >= 15 is 0 Å². The molecule has 0 spiro atoms. The van der Waals surface area contributed by atoms with Gasteiger partial charge in [-0.15, -0.1) is 11.3 Å². The van der Waals surface area contributed by atoms with E-state index in [9.17, 15) is 26.7 Å². The molecule has 4 aromatic rings. The fourth-order valence-electron chi connectivity index (χ4n) is 5.20. The number of anilines is 1. The smallest absolute Gasteiger partial charge is 0.245 e. The minimum absolute atomic E-state index is 0.0359. The highest BCUT2D eigenvalue weighted by atomic mass is 32.3. The number of nitrogens with zero attached hydrogens (tertiary/aromatic N) is 2. The van der Waals surface area contributed by atoms with E-state index in [4.69, 9.17) is 4.74 Å². The predicted octanol–water partition coefficient (Wildman–Crippen LogP) is 5.10. The average Bonchev–Trinajstić information content (AvgIpc) is 3.31. The molecule has 12 heteroatoms. The van der Waals surface area contributed by atoms with Crippen molar-refractivity contribution in [2.75, 3.05) is 42.5 Å². The van der Waals surface area contributed by atoms with E-state index in [1.54, 1.807) is 48.5 Å². The molecule has 0 radical (unpaired) electrons. The Morgan fingerprint density at radius 2 is 1.55 bits per heavy atom. The van der Waals surface area contributed by atoms with Gasteiger partial charge in [-0.25, -0.2) is 16.8 Å². The number of carbonyl (C=O) groups is 1. The average molecular weight is 629 g/mol. The van der Waals surface area contributed by atoms with Crippen LogP contribution in [-0.4, -0.2) is 71.4 Å². The maximum atomic E-state index is 13.9. The highest BCUT2D eigenvalue weighted by molar-refractivity contribution is 8.09. The maximum absolute atomic E-state index is 13.9. The zero-order chi connectivity index (χ0) is 30.1. The van der Waals surface area contributed by atoms with Crippen molar-refractivity contribution in [3.05, 3.63) is 77.9 Å². The summed E-state index contributed by atoms with van der Waals surface area (Å²) in [6, 6.07) is 17.8. The molecule has 9 nitrogen and oxygen atoms in total. The van der Waals surface area contributed by atoms with Crippen LogP contribution in [0.3, 0.4) is 0 Å². The highest BCUT2D eigenvalue weighted by Gasteiger charge is 2.28. The van der Waals surface area contributed by atoms with Crippen molar-refractivity contribution in [3.63, 3.8) is 0 Å². The first kappa shape index (κ1) is 30.0. The summed E-state index contributed by atoms with van der Waals surface area (Å²) in [6.07, 6.45) is 5.37. The quantitative estimate of drug-likeness (QED) is 0.241. The lowest BCUT2D eigenvalue weighted by Crippen LogP contribution is -2.35. The molecule has 1 fully saturated rings. The number of hydrogen-bond acceptors (Lipinski definition) is 9. The molecule has 0 unspecified atom stereocenters. The number of thiophene rings is 1. The van der Waals surface area contributed by atoms with Gasteiger partial charge in [-0.05, 0) is 86.1 Å². The van der Waals surface area contributed by atoms with Crippen LogP contribution < -0.4 is 8.45 Å². The molecule has 5 rings (SSSR count). The Balaban J connectivity index is 1.44. The van der Waals surface area contributed by atoms with Crippen molar-refractivity contribution < 1.29 is 31.5 Å². The molecule has 0 atom stereocenters. The SMILES string of the molecule is CS(=O)(=O)N(c1ccc(-c2sc3cc(O)ccc3c2C(=O)c2ccc(OCCN3CCCCC3)cc2)cc1)S(C)(=O)=O. The van der Waals surface area contributed by atoms with Crippen LogP contribution >= 0.6 is 11.3 Å². The molecule has 3 aromatic carbocycles. The van der Waals surface area contributed by atoms with E-state index in [0.29, 0.717) is 47.7 Å². The Hall–Kier alpha value is -3.45. The Kier molecular flexibility index (Phi) is 8.61. The number of sulfonamides is 2. The monoisotopic (exact) mass is 628 g/mol. The van der Waals surface area contributed by atoms with Crippen LogP contribution in [0.2, 0.25) is 0 Å². The largest absolute Gasteiger partial charge is 0.508 e. The summed E-state index contributed by atoms with van der Waals surface area (Å²) in [5.41, 5.74) is 1.46. The number of phenols is 1. The summed E-state index contributed by atoms with van der Waals surface area (Å²) >= 11 is 1.31. The lowest BCUT2D eigenvalue weighted by Gasteiger charge is -2.26. The van der Waals surface area contributed by atoms with Crippen LogP contribution in [0.4, 0.5) is 5.69 Å². The Morgan fingerprint density at radius 3 is 2.17 bits per heavy atom. The summed E-state index contributed by atoms with van der Waals surface area (Å²) in [6.45, 7) is 3.63. The van der Waals surface area contributed by atoms with Crippen molar-refractivity contribution in [1.82, 2.24) is 4.90 Å². The Labute approximate surface area is 250 Å². The van der Waals surface area contributed by atoms with Gasteiger partial charge in [-0.2, -0.15) is 3.71 Å². The van der Waals surface area contributed by atoms with Gasteiger partial charge in [0.05, 0.1) is 18.2 Å². The lowest BCUT2D eigenvalue weighted by molar-refractivity contribution is 0.104. The van der Waals surface area contributed by atoms with Gasteiger partial charge < -0.3 is 9.84 Å². The number of likely N-dealkylation sites (tertiary alicyclic amines) is 1. The van der Waals surface area contributed by atoms with Crippen molar-refractivity contribution in [1.29, 1.82) is 0 Å². The van der Waals surface area contributed by atoms with E-state index in [-0.39, 0.29) is 17.2 Å². The number of ketones is 1. The highest BCUT2D eigenvalue weighted by Crippen LogP contribution is 2.42. The van der Waals surface area contributed by atoms with Gasteiger partial charge in [0.25, 0.3) is 0 Å². The molecular weight excluding hydrogens is 597 g/mol. The second-order valence-electron chi connectivity index (χ2n) is 10.4. The number of benzene rings is 3. The molecule has 0 saturated carbocycles. The molecule has 1 aliphatic rings. The molecule has 0 aliphatic carbocycles. The van der Waals surface area contributed by atoms with Gasteiger partial charge >= 0.3 is 0 Å². The number of carbonyl (C=O) groups excluding carboxylic acids is 1. The number of hydrogen-bond donors (Lipinski definition) is 1. The number of piperidine rings is 1. The number of fused-ring (bicyclic) bond motifs is 1. The van der Waals surface area contributed by atoms with Crippen LogP contribution in [0, 0.1) is 0 Å². The summed E-state index contributed by atoms with van der Waals surface area (Å²) in [7, 11) is -8.20. The summed E-state index contributed by atoms with van der Waals surface area (Å²) < 4.78 is 55.8. The number of rotatable bonds is 10. The Morgan fingerprint density at radius 1 is 0.905 bits per heavy atom. The van der Waals surface area contributed by atoms with E-state index in [0.717, 1.165) is 32.1 Å². The standard InChI is InChI=1S/C30H32N2O7S3/c1-41(35,36)32(42(2,37)38)23-10-6-22(7-11-23)30-28(26-15-12-24(33)20-27(26)40-30)29(34)21-8-13-25(14-9-21)39-19-18-31-16-4-3-5-17-31/h6-15,20,33H,3-5,16-19H2,1-2H3. The fourth-order valence-corrected chi connectivity index (χ4v) is 9.42. The fraction of sp³-hybridized carbons (Fsp3) is 0.300.